The molecule has 0 N–H and O–H groups in total. The number of allylic oxidation sites excluding steroid dienone is 4. The number of benzene rings is 1. The van der Waals surface area contributed by atoms with Gasteiger partial charge < -0.3 is 4.90 Å². The van der Waals surface area contributed by atoms with Crippen LogP contribution in [-0.4, -0.2) is 6.04 Å². The van der Waals surface area contributed by atoms with Gasteiger partial charge in [0.05, 0.1) is 0 Å². The smallest absolute Gasteiger partial charge is 0.0411 e. The molecule has 1 heterocycles. The zero-order chi connectivity index (χ0) is 12.7. The lowest BCUT2D eigenvalue weighted by atomic mass is 9.77. The molecule has 4 rings (SSSR count). The number of anilines is 1. The van der Waals surface area contributed by atoms with Crippen LogP contribution in [-0.2, 0) is 0 Å². The standard InChI is InChI=1S/C18H21N/c1-2-8-14(9-3-1)19-17-12-6-4-10-15(17)16-11-5-7-13-18(16)19/h1-4,6,8-9,12,15-16,18H,5,7,10-11,13H2. The highest BCUT2D eigenvalue weighted by molar-refractivity contribution is 5.57. The first kappa shape index (κ1) is 11.3. The van der Waals surface area contributed by atoms with E-state index in [0.717, 1.165) is 17.9 Å². The van der Waals surface area contributed by atoms with Gasteiger partial charge in [0, 0.05) is 23.3 Å². The van der Waals surface area contributed by atoms with E-state index in [1.807, 2.05) is 0 Å². The van der Waals surface area contributed by atoms with Crippen molar-refractivity contribution >= 4 is 5.69 Å². The SMILES string of the molecule is C1=CCC2C(=C1)N(c1ccccc1)C1CCCCC21. The highest BCUT2D eigenvalue weighted by atomic mass is 15.2. The van der Waals surface area contributed by atoms with Crippen LogP contribution in [0.3, 0.4) is 0 Å². The summed E-state index contributed by atoms with van der Waals surface area (Å²) in [5.41, 5.74) is 2.97. The number of hydrogen-bond donors (Lipinski definition) is 0. The Labute approximate surface area is 115 Å². The van der Waals surface area contributed by atoms with Gasteiger partial charge in [0.25, 0.3) is 0 Å². The third-order valence-electron chi connectivity index (χ3n) is 5.12. The number of hydrogen-bond acceptors (Lipinski definition) is 1. The summed E-state index contributed by atoms with van der Waals surface area (Å²) in [4.78, 5) is 2.65. The van der Waals surface area contributed by atoms with Crippen molar-refractivity contribution in [2.24, 2.45) is 11.8 Å². The van der Waals surface area contributed by atoms with Crippen molar-refractivity contribution < 1.29 is 0 Å². The van der Waals surface area contributed by atoms with Crippen molar-refractivity contribution in [3.05, 3.63) is 54.3 Å². The summed E-state index contributed by atoms with van der Waals surface area (Å²) < 4.78 is 0. The van der Waals surface area contributed by atoms with E-state index in [-0.39, 0.29) is 0 Å². The van der Waals surface area contributed by atoms with Crippen molar-refractivity contribution in [1.29, 1.82) is 0 Å². The molecule has 19 heavy (non-hydrogen) atoms. The molecule has 0 radical (unpaired) electrons. The maximum atomic E-state index is 2.65. The summed E-state index contributed by atoms with van der Waals surface area (Å²) in [5.74, 6) is 1.65. The first-order valence-corrected chi connectivity index (χ1v) is 7.66. The van der Waals surface area contributed by atoms with Crippen LogP contribution in [0.25, 0.3) is 0 Å². The van der Waals surface area contributed by atoms with Crippen LogP contribution in [0.5, 0.6) is 0 Å². The Morgan fingerprint density at radius 3 is 2.74 bits per heavy atom. The second-order valence-electron chi connectivity index (χ2n) is 6.08. The van der Waals surface area contributed by atoms with Gasteiger partial charge in [0.1, 0.15) is 0 Å². The molecular formula is C18H21N. The predicted molar refractivity (Wildman–Crippen MR) is 80.0 cm³/mol. The molecule has 1 saturated carbocycles. The molecule has 1 aromatic carbocycles. The van der Waals surface area contributed by atoms with E-state index in [4.69, 9.17) is 0 Å². The molecule has 0 aromatic heterocycles. The van der Waals surface area contributed by atoms with E-state index in [2.05, 4.69) is 53.5 Å². The minimum atomic E-state index is 0.743. The van der Waals surface area contributed by atoms with Gasteiger partial charge in [-0.05, 0) is 43.4 Å². The second-order valence-corrected chi connectivity index (χ2v) is 6.08. The van der Waals surface area contributed by atoms with Crippen LogP contribution >= 0.6 is 0 Å². The fourth-order valence-corrected chi connectivity index (χ4v) is 4.34. The molecule has 3 aliphatic rings. The zero-order valence-corrected chi connectivity index (χ0v) is 11.3. The van der Waals surface area contributed by atoms with E-state index < -0.39 is 0 Å². The number of nitrogens with zero attached hydrogens (tertiary/aromatic N) is 1. The van der Waals surface area contributed by atoms with Crippen LogP contribution in [0.15, 0.2) is 54.3 Å². The third-order valence-corrected chi connectivity index (χ3v) is 5.12. The molecule has 2 fully saturated rings. The van der Waals surface area contributed by atoms with Crippen molar-refractivity contribution in [1.82, 2.24) is 0 Å². The second kappa shape index (κ2) is 4.56. The highest BCUT2D eigenvalue weighted by Crippen LogP contribution is 2.49. The van der Waals surface area contributed by atoms with Crippen LogP contribution in [0.4, 0.5) is 5.69 Å². The molecule has 1 heteroatoms. The Balaban J connectivity index is 1.78. The first-order chi connectivity index (χ1) is 9.45. The Bertz CT molecular complexity index is 514. The maximum absolute atomic E-state index is 2.65. The summed E-state index contributed by atoms with van der Waals surface area (Å²) in [6.45, 7) is 0. The fraction of sp³-hybridized carbons (Fsp3) is 0.444. The molecule has 98 valence electrons. The van der Waals surface area contributed by atoms with Crippen LogP contribution in [0, 0.1) is 11.8 Å². The molecular weight excluding hydrogens is 230 g/mol. The lowest BCUT2D eigenvalue weighted by Gasteiger charge is -2.33. The topological polar surface area (TPSA) is 3.24 Å². The largest absolute Gasteiger partial charge is 0.341 e. The molecule has 1 saturated heterocycles. The van der Waals surface area contributed by atoms with Crippen molar-refractivity contribution in [2.45, 2.75) is 38.1 Å². The third kappa shape index (κ3) is 1.75. The lowest BCUT2D eigenvalue weighted by Crippen LogP contribution is -2.34. The maximum Gasteiger partial charge on any atom is 0.0411 e. The first-order valence-electron chi connectivity index (χ1n) is 7.66. The van der Waals surface area contributed by atoms with Gasteiger partial charge in [-0.2, -0.15) is 0 Å². The average Bonchev–Trinajstić information content (AvgIpc) is 2.83. The minimum absolute atomic E-state index is 0.743. The van der Waals surface area contributed by atoms with Crippen LogP contribution < -0.4 is 4.90 Å². The molecule has 1 nitrogen and oxygen atoms in total. The molecule has 0 amide bonds. The normalized spacial score (nSPS) is 32.7. The molecule has 1 aliphatic heterocycles. The zero-order valence-electron chi connectivity index (χ0n) is 11.3. The molecule has 1 aromatic rings. The van der Waals surface area contributed by atoms with Crippen molar-refractivity contribution in [3.8, 4) is 0 Å². The van der Waals surface area contributed by atoms with E-state index in [0.29, 0.717) is 0 Å². The van der Waals surface area contributed by atoms with Gasteiger partial charge in [0.15, 0.2) is 0 Å². The number of fused-ring (bicyclic) bond motifs is 3. The van der Waals surface area contributed by atoms with E-state index in [1.165, 1.54) is 37.8 Å². The number of para-hydroxylation sites is 1. The molecule has 0 spiro atoms. The Morgan fingerprint density at radius 2 is 1.84 bits per heavy atom. The summed E-state index contributed by atoms with van der Waals surface area (Å²) in [6, 6.07) is 11.7. The molecule has 3 atom stereocenters. The van der Waals surface area contributed by atoms with Gasteiger partial charge in [-0.3, -0.25) is 0 Å². The fourth-order valence-electron chi connectivity index (χ4n) is 4.34. The van der Waals surface area contributed by atoms with Gasteiger partial charge in [0.2, 0.25) is 0 Å². The lowest BCUT2D eigenvalue weighted by molar-refractivity contribution is 0.286. The molecule has 3 unspecified atom stereocenters. The van der Waals surface area contributed by atoms with Crippen molar-refractivity contribution in [2.75, 3.05) is 4.90 Å². The average molecular weight is 251 g/mol. The highest BCUT2D eigenvalue weighted by Gasteiger charge is 2.45. The van der Waals surface area contributed by atoms with Gasteiger partial charge in [-0.25, -0.2) is 0 Å². The van der Waals surface area contributed by atoms with Crippen LogP contribution in [0.1, 0.15) is 32.1 Å². The molecule has 2 aliphatic carbocycles. The van der Waals surface area contributed by atoms with Crippen LogP contribution in [0.2, 0.25) is 0 Å². The monoisotopic (exact) mass is 251 g/mol. The Kier molecular flexibility index (Phi) is 2.72. The van der Waals surface area contributed by atoms with Crippen molar-refractivity contribution in [3.63, 3.8) is 0 Å². The van der Waals surface area contributed by atoms with Gasteiger partial charge >= 0.3 is 0 Å². The summed E-state index contributed by atoms with van der Waals surface area (Å²) in [7, 11) is 0. The summed E-state index contributed by atoms with van der Waals surface area (Å²) >= 11 is 0. The summed E-state index contributed by atoms with van der Waals surface area (Å²) in [5, 5.41) is 0. The van der Waals surface area contributed by atoms with E-state index in [9.17, 15) is 0 Å². The Hall–Kier alpha value is -1.50. The van der Waals surface area contributed by atoms with E-state index in [1.54, 1.807) is 5.70 Å². The Morgan fingerprint density at radius 1 is 1.00 bits per heavy atom. The van der Waals surface area contributed by atoms with Gasteiger partial charge in [-0.1, -0.05) is 43.2 Å². The minimum Gasteiger partial charge on any atom is -0.341 e. The predicted octanol–water partition coefficient (Wildman–Crippen LogP) is 4.53. The van der Waals surface area contributed by atoms with E-state index >= 15 is 0 Å². The molecule has 0 bridgehead atoms. The number of rotatable bonds is 1. The quantitative estimate of drug-likeness (QED) is 0.709. The summed E-state index contributed by atoms with van der Waals surface area (Å²) in [6.07, 6.45) is 13.8. The van der Waals surface area contributed by atoms with Gasteiger partial charge in [-0.15, -0.1) is 0 Å².